The quantitative estimate of drug-likeness (QED) is 0.330. The highest BCUT2D eigenvalue weighted by molar-refractivity contribution is 7.17. The lowest BCUT2D eigenvalue weighted by molar-refractivity contribution is -0.380. The molecule has 0 saturated carbocycles. The zero-order valence-corrected chi connectivity index (χ0v) is 16.0. The third kappa shape index (κ3) is 4.22. The van der Waals surface area contributed by atoms with Crippen LogP contribution in [0.3, 0.4) is 0 Å². The van der Waals surface area contributed by atoms with Gasteiger partial charge in [-0.2, -0.15) is 0 Å². The van der Waals surface area contributed by atoms with Gasteiger partial charge >= 0.3 is 16.9 Å². The molecule has 0 spiro atoms. The van der Waals surface area contributed by atoms with Gasteiger partial charge in [-0.05, 0) is 39.3 Å². The van der Waals surface area contributed by atoms with Crippen LogP contribution in [0.15, 0.2) is 12.1 Å². The van der Waals surface area contributed by atoms with E-state index in [-0.39, 0.29) is 27.7 Å². The minimum absolute atomic E-state index is 0.0213. The maximum absolute atomic E-state index is 12.6. The van der Waals surface area contributed by atoms with Crippen molar-refractivity contribution < 1.29 is 28.8 Å². The summed E-state index contributed by atoms with van der Waals surface area (Å²) in [5, 5.41) is 10.5. The predicted octanol–water partition coefficient (Wildman–Crippen LogP) is 3.21. The maximum Gasteiger partial charge on any atom is 0.349 e. The van der Waals surface area contributed by atoms with Crippen molar-refractivity contribution in [3.8, 4) is 0 Å². The van der Waals surface area contributed by atoms with Gasteiger partial charge in [0.25, 0.3) is 0 Å². The standard InChI is InChI=1S/C17H18N2O7S/c1-5-25-17(22)13-8(2)14(18-9(13)3)15(20)10(4)26-16(21)11-6-7-12(27-11)19(23)24/h6-7,10,18H,5H2,1-4H3/t10-/m1/s1. The average molecular weight is 394 g/mol. The summed E-state index contributed by atoms with van der Waals surface area (Å²) in [7, 11) is 0. The first-order valence-corrected chi connectivity index (χ1v) is 8.84. The summed E-state index contributed by atoms with van der Waals surface area (Å²) in [6, 6.07) is 2.46. The Kier molecular flexibility index (Phi) is 6.11. The summed E-state index contributed by atoms with van der Waals surface area (Å²) in [6.07, 6.45) is -1.15. The second-order valence-corrected chi connectivity index (χ2v) is 6.71. The van der Waals surface area contributed by atoms with E-state index in [1.54, 1.807) is 20.8 Å². The molecule has 0 aromatic carbocycles. The molecule has 2 aromatic heterocycles. The van der Waals surface area contributed by atoms with Gasteiger partial charge in [0, 0.05) is 11.8 Å². The van der Waals surface area contributed by atoms with E-state index in [1.165, 1.54) is 19.1 Å². The van der Waals surface area contributed by atoms with Crippen LogP contribution in [-0.4, -0.2) is 40.3 Å². The van der Waals surface area contributed by atoms with Crippen LogP contribution in [0, 0.1) is 24.0 Å². The first-order valence-electron chi connectivity index (χ1n) is 8.03. The Bertz CT molecular complexity index is 913. The summed E-state index contributed by atoms with van der Waals surface area (Å²) >= 11 is 0.664. The molecule has 0 fully saturated rings. The van der Waals surface area contributed by atoms with Crippen molar-refractivity contribution in [2.75, 3.05) is 6.61 Å². The SMILES string of the molecule is CCOC(=O)c1c(C)[nH]c(C(=O)[C@@H](C)OC(=O)c2ccc([N+](=O)[O-])s2)c1C. The lowest BCUT2D eigenvalue weighted by Gasteiger charge is -2.11. The molecule has 0 aliphatic carbocycles. The molecule has 9 nitrogen and oxygen atoms in total. The summed E-state index contributed by atoms with van der Waals surface area (Å²) < 4.78 is 10.1. The monoisotopic (exact) mass is 394 g/mol. The third-order valence-corrected chi connectivity index (χ3v) is 4.81. The fourth-order valence-corrected chi connectivity index (χ4v) is 3.22. The molecular weight excluding hydrogens is 376 g/mol. The van der Waals surface area contributed by atoms with Crippen LogP contribution in [0.25, 0.3) is 0 Å². The predicted molar refractivity (Wildman–Crippen MR) is 96.4 cm³/mol. The molecule has 10 heteroatoms. The molecule has 144 valence electrons. The Morgan fingerprint density at radius 3 is 2.48 bits per heavy atom. The number of nitro groups is 1. The molecule has 2 heterocycles. The molecule has 0 radical (unpaired) electrons. The molecule has 0 aliphatic heterocycles. The molecule has 27 heavy (non-hydrogen) atoms. The third-order valence-electron chi connectivity index (χ3n) is 3.79. The topological polar surface area (TPSA) is 129 Å². The summed E-state index contributed by atoms with van der Waals surface area (Å²) in [5.74, 6) is -1.90. The molecule has 0 saturated heterocycles. The van der Waals surface area contributed by atoms with Gasteiger partial charge in [-0.3, -0.25) is 14.9 Å². The number of Topliss-reactive ketones (excluding diaryl/α,β-unsaturated/α-hetero) is 1. The molecule has 0 amide bonds. The Morgan fingerprint density at radius 2 is 1.93 bits per heavy atom. The van der Waals surface area contributed by atoms with Crippen LogP contribution in [0.1, 0.15) is 55.6 Å². The number of hydrogen-bond donors (Lipinski definition) is 1. The summed E-state index contributed by atoms with van der Waals surface area (Å²) in [5.41, 5.74) is 1.30. The van der Waals surface area contributed by atoms with Crippen molar-refractivity contribution in [1.29, 1.82) is 0 Å². The number of aromatic amines is 1. The maximum atomic E-state index is 12.6. The number of esters is 2. The number of ketones is 1. The van der Waals surface area contributed by atoms with E-state index in [9.17, 15) is 24.5 Å². The van der Waals surface area contributed by atoms with Crippen LogP contribution in [0.2, 0.25) is 0 Å². The van der Waals surface area contributed by atoms with Crippen LogP contribution in [0.4, 0.5) is 5.00 Å². The number of aromatic nitrogens is 1. The Morgan fingerprint density at radius 1 is 1.26 bits per heavy atom. The number of hydrogen-bond acceptors (Lipinski definition) is 8. The van der Waals surface area contributed by atoms with Crippen molar-refractivity contribution in [2.24, 2.45) is 0 Å². The van der Waals surface area contributed by atoms with Gasteiger partial charge < -0.3 is 14.5 Å². The number of aryl methyl sites for hydroxylation is 1. The fourth-order valence-electron chi connectivity index (χ4n) is 2.52. The van der Waals surface area contributed by atoms with Crippen LogP contribution in [-0.2, 0) is 9.47 Å². The Labute approximate surface area is 158 Å². The van der Waals surface area contributed by atoms with E-state index in [0.29, 0.717) is 22.6 Å². The first kappa shape index (κ1) is 20.3. The van der Waals surface area contributed by atoms with E-state index < -0.39 is 28.7 Å². The van der Waals surface area contributed by atoms with Crippen LogP contribution in [0.5, 0.6) is 0 Å². The van der Waals surface area contributed by atoms with Crippen molar-refractivity contribution >= 4 is 34.1 Å². The molecular formula is C17H18N2O7S. The van der Waals surface area contributed by atoms with Crippen LogP contribution >= 0.6 is 11.3 Å². The number of thiophene rings is 1. The number of carbonyl (C=O) groups is 3. The van der Waals surface area contributed by atoms with Crippen molar-refractivity contribution in [2.45, 2.75) is 33.8 Å². The number of H-pyrrole nitrogens is 1. The first-order chi connectivity index (χ1) is 12.7. The highest BCUT2D eigenvalue weighted by Crippen LogP contribution is 2.25. The van der Waals surface area contributed by atoms with Gasteiger partial charge in [0.05, 0.1) is 22.8 Å². The van der Waals surface area contributed by atoms with E-state index >= 15 is 0 Å². The molecule has 1 atom stereocenters. The summed E-state index contributed by atoms with van der Waals surface area (Å²) in [6.45, 7) is 6.50. The molecule has 2 aromatic rings. The highest BCUT2D eigenvalue weighted by atomic mass is 32.1. The van der Waals surface area contributed by atoms with E-state index in [1.807, 2.05) is 0 Å². The highest BCUT2D eigenvalue weighted by Gasteiger charge is 2.28. The number of nitrogens with zero attached hydrogens (tertiary/aromatic N) is 1. The van der Waals surface area contributed by atoms with Crippen molar-refractivity contribution in [3.05, 3.63) is 49.6 Å². The second-order valence-electron chi connectivity index (χ2n) is 5.65. The van der Waals surface area contributed by atoms with E-state index in [2.05, 4.69) is 4.98 Å². The van der Waals surface area contributed by atoms with Crippen molar-refractivity contribution in [1.82, 2.24) is 4.98 Å². The molecule has 0 unspecified atom stereocenters. The number of nitrogens with one attached hydrogen (secondary N) is 1. The minimum Gasteiger partial charge on any atom is -0.462 e. The number of carbonyl (C=O) groups excluding carboxylic acids is 3. The lowest BCUT2D eigenvalue weighted by atomic mass is 10.1. The zero-order chi connectivity index (χ0) is 20.3. The van der Waals surface area contributed by atoms with E-state index in [0.717, 1.165) is 0 Å². The molecule has 1 N–H and O–H groups in total. The smallest absolute Gasteiger partial charge is 0.349 e. The summed E-state index contributed by atoms with van der Waals surface area (Å²) in [4.78, 5) is 49.7. The lowest BCUT2D eigenvalue weighted by Crippen LogP contribution is -2.25. The van der Waals surface area contributed by atoms with Crippen molar-refractivity contribution in [3.63, 3.8) is 0 Å². The zero-order valence-electron chi connectivity index (χ0n) is 15.2. The average Bonchev–Trinajstić information content (AvgIpc) is 3.19. The van der Waals surface area contributed by atoms with Gasteiger partial charge in [0.1, 0.15) is 4.88 Å². The minimum atomic E-state index is -1.15. The van der Waals surface area contributed by atoms with Crippen LogP contribution < -0.4 is 0 Å². The fraction of sp³-hybridized carbons (Fsp3) is 0.353. The van der Waals surface area contributed by atoms with Gasteiger partial charge in [-0.15, -0.1) is 0 Å². The normalized spacial score (nSPS) is 11.7. The Balaban J connectivity index is 2.17. The van der Waals surface area contributed by atoms with Gasteiger partial charge in [-0.1, -0.05) is 11.3 Å². The van der Waals surface area contributed by atoms with Gasteiger partial charge in [0.15, 0.2) is 6.10 Å². The second kappa shape index (κ2) is 8.12. The van der Waals surface area contributed by atoms with Gasteiger partial charge in [-0.25, -0.2) is 9.59 Å². The molecule has 0 bridgehead atoms. The van der Waals surface area contributed by atoms with E-state index in [4.69, 9.17) is 9.47 Å². The number of rotatable bonds is 7. The molecule has 0 aliphatic rings. The largest absolute Gasteiger partial charge is 0.462 e. The molecule has 2 rings (SSSR count). The number of ether oxygens (including phenoxy) is 2. The Hall–Kier alpha value is -3.01. The van der Waals surface area contributed by atoms with Gasteiger partial charge in [0.2, 0.25) is 5.78 Å².